The van der Waals surface area contributed by atoms with Crippen LogP contribution in [0.1, 0.15) is 44.2 Å². The highest BCUT2D eigenvalue weighted by molar-refractivity contribution is 8.18. The van der Waals surface area contributed by atoms with E-state index in [1.807, 2.05) is 27.8 Å². The van der Waals surface area contributed by atoms with Gasteiger partial charge in [0.1, 0.15) is 6.54 Å². The molecule has 6 nitrogen and oxygen atoms in total. The van der Waals surface area contributed by atoms with Gasteiger partial charge in [-0.1, -0.05) is 31.0 Å². The summed E-state index contributed by atoms with van der Waals surface area (Å²) in [5, 5.41) is 0.610. The van der Waals surface area contributed by atoms with Gasteiger partial charge >= 0.3 is 0 Å². The lowest BCUT2D eigenvalue weighted by molar-refractivity contribution is -0.135. The third-order valence-corrected chi connectivity index (χ3v) is 7.14. The van der Waals surface area contributed by atoms with E-state index in [1.54, 1.807) is 6.08 Å². The molecule has 0 bridgehead atoms. The number of aryl methyl sites for hydroxylation is 1. The minimum atomic E-state index is -0.372. The number of piperidine rings is 1. The number of imide groups is 1. The Morgan fingerprint density at radius 3 is 2.84 bits per heavy atom. The Hall–Kier alpha value is -2.98. The van der Waals surface area contributed by atoms with Crippen LogP contribution in [-0.4, -0.2) is 50.6 Å². The minimum Gasteiger partial charge on any atom is -0.338 e. The van der Waals surface area contributed by atoms with Crippen molar-refractivity contribution in [3.63, 3.8) is 0 Å². The van der Waals surface area contributed by atoms with Crippen LogP contribution in [0.3, 0.4) is 0 Å². The fourth-order valence-corrected chi connectivity index (χ4v) is 5.39. The normalized spacial score (nSPS) is 20.4. The fraction of sp³-hybridized carbons (Fsp3) is 0.400. The average molecular weight is 450 g/mol. The zero-order chi connectivity index (χ0) is 22.8. The zero-order valence-corrected chi connectivity index (χ0v) is 19.3. The first-order valence-electron chi connectivity index (χ1n) is 11.0. The summed E-state index contributed by atoms with van der Waals surface area (Å²) in [4.78, 5) is 41.4. The van der Waals surface area contributed by atoms with Gasteiger partial charge in [-0.25, -0.2) is 0 Å². The van der Waals surface area contributed by atoms with Crippen molar-refractivity contribution in [3.8, 4) is 12.3 Å². The molecule has 2 aliphatic rings. The third-order valence-electron chi connectivity index (χ3n) is 6.23. The Morgan fingerprint density at radius 2 is 2.12 bits per heavy atom. The van der Waals surface area contributed by atoms with Crippen molar-refractivity contribution in [1.82, 2.24) is 14.4 Å². The smallest absolute Gasteiger partial charge is 0.294 e. The van der Waals surface area contributed by atoms with E-state index in [-0.39, 0.29) is 36.2 Å². The van der Waals surface area contributed by atoms with Crippen LogP contribution in [0, 0.1) is 12.3 Å². The minimum absolute atomic E-state index is 0.0354. The number of carbonyl (C=O) groups is 3. The Bertz CT molecular complexity index is 1160. The van der Waals surface area contributed by atoms with Crippen molar-refractivity contribution in [2.75, 3.05) is 13.1 Å². The Morgan fingerprint density at radius 1 is 1.31 bits per heavy atom. The van der Waals surface area contributed by atoms with Crippen molar-refractivity contribution < 1.29 is 14.4 Å². The lowest BCUT2D eigenvalue weighted by atomic mass is 10.0. The van der Waals surface area contributed by atoms with Gasteiger partial charge in [0.25, 0.3) is 11.1 Å². The second kappa shape index (κ2) is 9.25. The van der Waals surface area contributed by atoms with Crippen molar-refractivity contribution >= 4 is 45.8 Å². The van der Waals surface area contributed by atoms with Crippen molar-refractivity contribution in [3.05, 3.63) is 40.4 Å². The number of para-hydroxylation sites is 1. The number of likely N-dealkylation sites (tertiary alicyclic amines) is 1. The number of hydrogen-bond acceptors (Lipinski definition) is 4. The molecule has 2 aromatic rings. The van der Waals surface area contributed by atoms with E-state index in [0.717, 1.165) is 70.9 Å². The molecule has 0 saturated carbocycles. The predicted octanol–water partition coefficient (Wildman–Crippen LogP) is 4.27. The molecule has 2 aliphatic heterocycles. The maximum atomic E-state index is 13.1. The molecule has 1 atom stereocenters. The standard InChI is InChI=1S/C25H27N3O3S/c1-4-12-28-24(30)21(32-25(28)31)14-19-15-26(23-18(5-2)10-8-11-20(19)23)16-22(29)27-13-7-6-9-17(27)3/h1,8,10-11,14-15,17H,5-7,9,12-13,16H2,2-3H3/b21-14-/t17-/m0/s1. The molecule has 1 aromatic heterocycles. The zero-order valence-electron chi connectivity index (χ0n) is 18.5. The van der Waals surface area contributed by atoms with E-state index < -0.39 is 0 Å². The summed E-state index contributed by atoms with van der Waals surface area (Å²) in [5.41, 5.74) is 2.96. The number of aromatic nitrogens is 1. The monoisotopic (exact) mass is 449 g/mol. The molecule has 3 amide bonds. The van der Waals surface area contributed by atoms with Gasteiger partial charge in [0.05, 0.1) is 17.0 Å². The second-order valence-corrected chi connectivity index (χ2v) is 9.28. The van der Waals surface area contributed by atoms with Gasteiger partial charge < -0.3 is 9.47 Å². The highest BCUT2D eigenvalue weighted by atomic mass is 32.2. The first kappa shape index (κ1) is 22.2. The molecule has 0 aliphatic carbocycles. The third kappa shape index (κ3) is 4.07. The summed E-state index contributed by atoms with van der Waals surface area (Å²) in [5.74, 6) is 2.10. The molecule has 32 heavy (non-hydrogen) atoms. The summed E-state index contributed by atoms with van der Waals surface area (Å²) < 4.78 is 2.00. The molecule has 0 spiro atoms. The molecule has 0 unspecified atom stereocenters. The maximum absolute atomic E-state index is 13.1. The lowest BCUT2D eigenvalue weighted by Crippen LogP contribution is -2.43. The number of terminal acetylenes is 1. The molecule has 0 radical (unpaired) electrons. The molecule has 7 heteroatoms. The van der Waals surface area contributed by atoms with E-state index in [0.29, 0.717) is 4.91 Å². The van der Waals surface area contributed by atoms with E-state index in [2.05, 4.69) is 25.8 Å². The van der Waals surface area contributed by atoms with Crippen LogP contribution >= 0.6 is 11.8 Å². The summed E-state index contributed by atoms with van der Waals surface area (Å²) in [6, 6.07) is 6.31. The highest BCUT2D eigenvalue weighted by Crippen LogP contribution is 2.34. The van der Waals surface area contributed by atoms with Gasteiger partial charge in [-0.05, 0) is 56.0 Å². The van der Waals surface area contributed by atoms with Crippen molar-refractivity contribution in [2.24, 2.45) is 0 Å². The molecule has 1 aromatic carbocycles. The van der Waals surface area contributed by atoms with E-state index in [1.165, 1.54) is 0 Å². The lowest BCUT2D eigenvalue weighted by Gasteiger charge is -2.33. The van der Waals surface area contributed by atoms with Crippen LogP contribution in [0.15, 0.2) is 29.3 Å². The van der Waals surface area contributed by atoms with E-state index in [4.69, 9.17) is 6.42 Å². The summed E-state index contributed by atoms with van der Waals surface area (Å²) in [6.07, 6.45) is 13.0. The number of nitrogens with zero attached hydrogens (tertiary/aromatic N) is 3. The number of hydrogen-bond donors (Lipinski definition) is 0. The van der Waals surface area contributed by atoms with Gasteiger partial charge in [0.2, 0.25) is 5.91 Å². The van der Waals surface area contributed by atoms with Gasteiger partial charge in [-0.2, -0.15) is 0 Å². The Balaban J connectivity index is 1.72. The Labute approximate surface area is 192 Å². The largest absolute Gasteiger partial charge is 0.338 e. The van der Waals surface area contributed by atoms with Gasteiger partial charge in [-0.3, -0.25) is 19.3 Å². The molecule has 0 N–H and O–H groups in total. The topological polar surface area (TPSA) is 62.6 Å². The van der Waals surface area contributed by atoms with Crippen LogP contribution in [0.25, 0.3) is 17.0 Å². The molecule has 2 saturated heterocycles. The molecule has 3 heterocycles. The van der Waals surface area contributed by atoms with Crippen LogP contribution in [0.2, 0.25) is 0 Å². The quantitative estimate of drug-likeness (QED) is 0.505. The first-order chi connectivity index (χ1) is 15.4. The van der Waals surface area contributed by atoms with E-state index in [9.17, 15) is 14.4 Å². The molecule has 2 fully saturated rings. The van der Waals surface area contributed by atoms with Crippen molar-refractivity contribution in [1.29, 1.82) is 0 Å². The van der Waals surface area contributed by atoms with Crippen molar-refractivity contribution in [2.45, 2.75) is 52.1 Å². The molecule has 166 valence electrons. The molecular weight excluding hydrogens is 422 g/mol. The van der Waals surface area contributed by atoms with Crippen LogP contribution in [0.4, 0.5) is 4.79 Å². The van der Waals surface area contributed by atoms with Gasteiger partial charge in [0.15, 0.2) is 0 Å². The number of benzene rings is 1. The highest BCUT2D eigenvalue weighted by Gasteiger charge is 2.34. The van der Waals surface area contributed by atoms with Crippen LogP contribution < -0.4 is 0 Å². The Kier molecular flexibility index (Phi) is 6.43. The molecular formula is C25H27N3O3S. The van der Waals surface area contributed by atoms with Crippen LogP contribution in [-0.2, 0) is 22.6 Å². The first-order valence-corrected chi connectivity index (χ1v) is 11.8. The van der Waals surface area contributed by atoms with Crippen LogP contribution in [0.5, 0.6) is 0 Å². The number of rotatable bonds is 5. The molecule has 4 rings (SSSR count). The average Bonchev–Trinajstić information content (AvgIpc) is 3.26. The maximum Gasteiger partial charge on any atom is 0.294 e. The van der Waals surface area contributed by atoms with Gasteiger partial charge in [-0.15, -0.1) is 6.42 Å². The number of carbonyl (C=O) groups excluding carboxylic acids is 3. The summed E-state index contributed by atoms with van der Waals surface area (Å²) >= 11 is 0.900. The number of thioether (sulfide) groups is 1. The fourth-order valence-electron chi connectivity index (χ4n) is 4.56. The number of amides is 3. The summed E-state index contributed by atoms with van der Waals surface area (Å²) in [6.45, 7) is 5.22. The van der Waals surface area contributed by atoms with Gasteiger partial charge in [0, 0.05) is 29.7 Å². The SMILES string of the molecule is C#CCN1C(=O)S/C(=C\c2cn(CC(=O)N3CCCC[C@@H]3C)c3c(CC)cccc23)C1=O. The predicted molar refractivity (Wildman–Crippen MR) is 128 cm³/mol. The second-order valence-electron chi connectivity index (χ2n) is 8.28. The summed E-state index contributed by atoms with van der Waals surface area (Å²) in [7, 11) is 0. The van der Waals surface area contributed by atoms with E-state index >= 15 is 0 Å². The number of fused-ring (bicyclic) bond motifs is 1.